The van der Waals surface area contributed by atoms with Crippen LogP contribution >= 0.6 is 11.8 Å². The molecule has 1 aliphatic rings. The van der Waals surface area contributed by atoms with E-state index < -0.39 is 0 Å². The third-order valence-electron chi connectivity index (χ3n) is 4.16. The number of thioether (sulfide) groups is 1. The van der Waals surface area contributed by atoms with Crippen LogP contribution in [-0.4, -0.2) is 21.6 Å². The quantitative estimate of drug-likeness (QED) is 0.646. The van der Waals surface area contributed by atoms with Crippen molar-refractivity contribution in [3.8, 4) is 0 Å². The Morgan fingerprint density at radius 2 is 2.00 bits per heavy atom. The van der Waals surface area contributed by atoms with Crippen molar-refractivity contribution in [3.63, 3.8) is 0 Å². The maximum Gasteiger partial charge on any atom is 0.254 e. The van der Waals surface area contributed by atoms with E-state index in [1.807, 2.05) is 24.3 Å². The molecule has 1 amide bonds. The number of amides is 1. The van der Waals surface area contributed by atoms with E-state index >= 15 is 0 Å². The van der Waals surface area contributed by atoms with Crippen LogP contribution in [-0.2, 0) is 24.1 Å². The first kappa shape index (κ1) is 16.8. The number of fused-ring (bicyclic) bond motifs is 1. The van der Waals surface area contributed by atoms with Crippen LogP contribution in [0.2, 0.25) is 0 Å². The number of anilines is 1. The predicted octanol–water partition coefficient (Wildman–Crippen LogP) is 2.94. The lowest BCUT2D eigenvalue weighted by atomic mass is 9.97. The van der Waals surface area contributed by atoms with Crippen LogP contribution in [0.1, 0.15) is 36.6 Å². The molecule has 1 aromatic heterocycles. The summed E-state index contributed by atoms with van der Waals surface area (Å²) in [7, 11) is 0. The second kappa shape index (κ2) is 7.66. The maximum atomic E-state index is 12.1. The van der Waals surface area contributed by atoms with E-state index in [-0.39, 0.29) is 17.2 Å². The van der Waals surface area contributed by atoms with Gasteiger partial charge in [0.15, 0.2) is 5.16 Å². The first-order valence-corrected chi connectivity index (χ1v) is 9.28. The molecule has 1 heterocycles. The van der Waals surface area contributed by atoms with Gasteiger partial charge in [-0.1, -0.05) is 30.8 Å². The molecule has 0 spiro atoms. The lowest BCUT2D eigenvalue weighted by molar-refractivity contribution is -0.113. The van der Waals surface area contributed by atoms with Gasteiger partial charge in [-0.3, -0.25) is 9.59 Å². The molecule has 0 atom stereocenters. The minimum Gasteiger partial charge on any atom is -0.325 e. The fourth-order valence-corrected chi connectivity index (χ4v) is 3.48. The average molecular weight is 343 g/mol. The monoisotopic (exact) mass is 343 g/mol. The van der Waals surface area contributed by atoms with E-state index in [9.17, 15) is 9.59 Å². The van der Waals surface area contributed by atoms with Crippen molar-refractivity contribution in [3.05, 3.63) is 51.4 Å². The Labute approximate surface area is 145 Å². The van der Waals surface area contributed by atoms with Crippen molar-refractivity contribution in [2.45, 2.75) is 44.2 Å². The average Bonchev–Trinajstić information content (AvgIpc) is 2.61. The van der Waals surface area contributed by atoms with Crippen molar-refractivity contribution in [2.75, 3.05) is 11.1 Å². The number of benzene rings is 1. The molecule has 0 bridgehead atoms. The number of rotatable bonds is 5. The summed E-state index contributed by atoms with van der Waals surface area (Å²) >= 11 is 1.26. The molecule has 0 aliphatic heterocycles. The molecule has 0 saturated carbocycles. The van der Waals surface area contributed by atoms with E-state index in [1.165, 1.54) is 17.3 Å². The molecule has 126 valence electrons. The number of carbonyl (C=O) groups excluding carboxylic acids is 1. The van der Waals surface area contributed by atoms with Gasteiger partial charge in [0.25, 0.3) is 5.56 Å². The van der Waals surface area contributed by atoms with Gasteiger partial charge in [0.2, 0.25) is 5.91 Å². The van der Waals surface area contributed by atoms with Crippen molar-refractivity contribution in [1.29, 1.82) is 0 Å². The zero-order valence-electron chi connectivity index (χ0n) is 13.7. The van der Waals surface area contributed by atoms with Gasteiger partial charge in [0.05, 0.1) is 11.4 Å². The van der Waals surface area contributed by atoms with Crippen LogP contribution in [0.4, 0.5) is 5.69 Å². The molecule has 0 radical (unpaired) electrons. The largest absolute Gasteiger partial charge is 0.325 e. The van der Waals surface area contributed by atoms with Gasteiger partial charge < -0.3 is 10.3 Å². The molecule has 1 aromatic carbocycles. The van der Waals surface area contributed by atoms with E-state index in [1.54, 1.807) is 0 Å². The molecular weight excluding hydrogens is 322 g/mol. The SMILES string of the molecule is CCc1ccc(NC(=O)CSc2nc3c(c(=O)[nH]2)CCCC3)cc1. The van der Waals surface area contributed by atoms with Crippen molar-refractivity contribution >= 4 is 23.4 Å². The number of hydrogen-bond donors (Lipinski definition) is 2. The third kappa shape index (κ3) is 4.06. The molecule has 1 aliphatic carbocycles. The minimum atomic E-state index is -0.107. The van der Waals surface area contributed by atoms with Gasteiger partial charge >= 0.3 is 0 Å². The van der Waals surface area contributed by atoms with Gasteiger partial charge in [-0.2, -0.15) is 0 Å². The lowest BCUT2D eigenvalue weighted by Crippen LogP contribution is -2.22. The van der Waals surface area contributed by atoms with Crippen LogP contribution in [0.5, 0.6) is 0 Å². The number of aryl methyl sites for hydroxylation is 2. The number of H-pyrrole nitrogens is 1. The number of aromatic amines is 1. The molecule has 24 heavy (non-hydrogen) atoms. The molecule has 2 N–H and O–H groups in total. The van der Waals surface area contributed by atoms with Crippen LogP contribution in [0.15, 0.2) is 34.2 Å². The second-order valence-corrected chi connectivity index (χ2v) is 6.85. The predicted molar refractivity (Wildman–Crippen MR) is 96.7 cm³/mol. The summed E-state index contributed by atoms with van der Waals surface area (Å²) in [5.74, 6) is 0.113. The molecule has 5 nitrogen and oxygen atoms in total. The van der Waals surface area contributed by atoms with Gasteiger partial charge in [-0.05, 0) is 49.8 Å². The van der Waals surface area contributed by atoms with Crippen LogP contribution in [0, 0.1) is 0 Å². The summed E-state index contributed by atoms with van der Waals surface area (Å²) in [5.41, 5.74) is 3.66. The fraction of sp³-hybridized carbons (Fsp3) is 0.389. The molecule has 0 unspecified atom stereocenters. The first-order chi connectivity index (χ1) is 11.7. The summed E-state index contributed by atoms with van der Waals surface area (Å²) in [4.78, 5) is 31.4. The highest BCUT2D eigenvalue weighted by Gasteiger charge is 2.16. The maximum absolute atomic E-state index is 12.1. The van der Waals surface area contributed by atoms with Crippen LogP contribution in [0.25, 0.3) is 0 Å². The Morgan fingerprint density at radius 1 is 1.25 bits per heavy atom. The summed E-state index contributed by atoms with van der Waals surface area (Å²) < 4.78 is 0. The van der Waals surface area contributed by atoms with Crippen molar-refractivity contribution in [1.82, 2.24) is 9.97 Å². The number of hydrogen-bond acceptors (Lipinski definition) is 4. The third-order valence-corrected chi connectivity index (χ3v) is 5.03. The highest BCUT2D eigenvalue weighted by Crippen LogP contribution is 2.19. The molecule has 3 rings (SSSR count). The Kier molecular flexibility index (Phi) is 5.35. The van der Waals surface area contributed by atoms with E-state index in [0.29, 0.717) is 5.16 Å². The number of carbonyl (C=O) groups is 1. The standard InChI is InChI=1S/C18H21N3O2S/c1-2-12-7-9-13(10-8-12)19-16(22)11-24-18-20-15-6-4-3-5-14(15)17(23)21-18/h7-10H,2-6,11H2,1H3,(H,19,22)(H,20,21,23). The number of aromatic nitrogens is 2. The smallest absolute Gasteiger partial charge is 0.254 e. The Balaban J connectivity index is 1.59. The highest BCUT2D eigenvalue weighted by atomic mass is 32.2. The fourth-order valence-electron chi connectivity index (χ4n) is 2.80. The van der Waals surface area contributed by atoms with Gasteiger partial charge in [-0.25, -0.2) is 4.98 Å². The zero-order valence-corrected chi connectivity index (χ0v) is 14.5. The molecule has 0 saturated heterocycles. The number of nitrogens with zero attached hydrogens (tertiary/aromatic N) is 1. The minimum absolute atomic E-state index is 0.0576. The van der Waals surface area contributed by atoms with Crippen LogP contribution in [0.3, 0.4) is 0 Å². The Bertz CT molecular complexity index is 784. The number of nitrogens with one attached hydrogen (secondary N) is 2. The zero-order chi connectivity index (χ0) is 16.9. The van der Waals surface area contributed by atoms with Crippen molar-refractivity contribution < 1.29 is 4.79 Å². The topological polar surface area (TPSA) is 74.8 Å². The van der Waals surface area contributed by atoms with Crippen molar-refractivity contribution in [2.24, 2.45) is 0 Å². The summed E-state index contributed by atoms with van der Waals surface area (Å²) in [6.07, 6.45) is 4.74. The first-order valence-electron chi connectivity index (χ1n) is 8.29. The lowest BCUT2D eigenvalue weighted by Gasteiger charge is -2.14. The molecule has 6 heteroatoms. The van der Waals surface area contributed by atoms with E-state index in [4.69, 9.17) is 0 Å². The van der Waals surface area contributed by atoms with Gasteiger partial charge in [-0.15, -0.1) is 0 Å². The van der Waals surface area contributed by atoms with Gasteiger partial charge in [0, 0.05) is 11.3 Å². The Hall–Kier alpha value is -2.08. The summed E-state index contributed by atoms with van der Waals surface area (Å²) in [5, 5.41) is 3.39. The summed E-state index contributed by atoms with van der Waals surface area (Å²) in [6.45, 7) is 2.09. The normalized spacial score (nSPS) is 13.4. The van der Waals surface area contributed by atoms with Gasteiger partial charge in [0.1, 0.15) is 0 Å². The summed E-state index contributed by atoms with van der Waals surface area (Å²) in [6, 6.07) is 7.82. The molecule has 0 fully saturated rings. The molecular formula is C18H21N3O2S. The molecule has 2 aromatic rings. The highest BCUT2D eigenvalue weighted by molar-refractivity contribution is 7.99. The second-order valence-electron chi connectivity index (χ2n) is 5.89. The van der Waals surface area contributed by atoms with Crippen LogP contribution < -0.4 is 10.9 Å². The van der Waals surface area contributed by atoms with E-state index in [2.05, 4.69) is 22.2 Å². The van der Waals surface area contributed by atoms with E-state index in [0.717, 1.165) is 49.0 Å². The Morgan fingerprint density at radius 3 is 2.75 bits per heavy atom.